The minimum Gasteiger partial charge on any atom is -0.494 e. The summed E-state index contributed by atoms with van der Waals surface area (Å²) in [5.74, 6) is -0.472. The molecule has 124 valence electrons. The molecule has 24 heavy (non-hydrogen) atoms. The van der Waals surface area contributed by atoms with Crippen LogP contribution in [0, 0.1) is 17.2 Å². The molecule has 1 aromatic rings. The van der Waals surface area contributed by atoms with Crippen LogP contribution < -0.4 is 5.43 Å². The number of hydrogen-bond acceptors (Lipinski definition) is 7. The van der Waals surface area contributed by atoms with Crippen LogP contribution in [0.3, 0.4) is 0 Å². The highest BCUT2D eigenvalue weighted by atomic mass is 16.5. The molecule has 0 spiro atoms. The predicted molar refractivity (Wildman–Crippen MR) is 84.2 cm³/mol. The molecule has 1 aliphatic carbocycles. The van der Waals surface area contributed by atoms with Gasteiger partial charge in [0.15, 0.2) is 11.9 Å². The van der Waals surface area contributed by atoms with Gasteiger partial charge in [-0.05, 0) is 18.2 Å². The summed E-state index contributed by atoms with van der Waals surface area (Å²) in [6.07, 6.45) is 1.12. The molecule has 0 saturated carbocycles. The van der Waals surface area contributed by atoms with Gasteiger partial charge in [-0.3, -0.25) is 15.2 Å². The zero-order chi connectivity index (χ0) is 17.4. The van der Waals surface area contributed by atoms with Gasteiger partial charge in [-0.1, -0.05) is 6.92 Å². The van der Waals surface area contributed by atoms with Gasteiger partial charge in [-0.25, -0.2) is 0 Å². The normalized spacial score (nSPS) is 25.8. The Kier molecular flexibility index (Phi) is 3.91. The van der Waals surface area contributed by atoms with E-state index in [-0.39, 0.29) is 11.7 Å². The zero-order valence-electron chi connectivity index (χ0n) is 13.2. The van der Waals surface area contributed by atoms with Crippen molar-refractivity contribution < 1.29 is 19.7 Å². The van der Waals surface area contributed by atoms with Crippen molar-refractivity contribution in [3.8, 4) is 6.07 Å². The fourth-order valence-electron chi connectivity index (χ4n) is 2.80. The Morgan fingerprint density at radius 2 is 2.12 bits per heavy atom. The van der Waals surface area contributed by atoms with Crippen molar-refractivity contribution in [2.24, 2.45) is 5.92 Å². The Morgan fingerprint density at radius 3 is 2.79 bits per heavy atom. The molecule has 0 saturated heterocycles. The summed E-state index contributed by atoms with van der Waals surface area (Å²) in [6.45, 7) is 1.64. The van der Waals surface area contributed by atoms with E-state index in [0.29, 0.717) is 22.6 Å². The van der Waals surface area contributed by atoms with Crippen molar-refractivity contribution in [3.05, 3.63) is 58.8 Å². The molecule has 3 atom stereocenters. The van der Waals surface area contributed by atoms with Gasteiger partial charge < -0.3 is 14.9 Å². The van der Waals surface area contributed by atoms with E-state index < -0.39 is 18.1 Å². The van der Waals surface area contributed by atoms with E-state index in [4.69, 9.17) is 10.00 Å². The first-order chi connectivity index (χ1) is 11.4. The third-order valence-electron chi connectivity index (χ3n) is 4.25. The average molecular weight is 327 g/mol. The second-order valence-corrected chi connectivity index (χ2v) is 5.82. The van der Waals surface area contributed by atoms with Crippen LogP contribution in [0.2, 0.25) is 0 Å². The van der Waals surface area contributed by atoms with Crippen LogP contribution in [0.1, 0.15) is 34.5 Å². The first-order valence-corrected chi connectivity index (χ1v) is 7.46. The molecule has 2 aliphatic rings. The van der Waals surface area contributed by atoms with Gasteiger partial charge in [0.05, 0.1) is 11.6 Å². The van der Waals surface area contributed by atoms with Crippen molar-refractivity contribution in [1.29, 1.82) is 5.26 Å². The van der Waals surface area contributed by atoms with E-state index >= 15 is 0 Å². The van der Waals surface area contributed by atoms with Crippen molar-refractivity contribution in [2.45, 2.75) is 19.1 Å². The number of carbonyl (C=O) groups excluding carboxylic acids is 1. The number of aliphatic hydroxyl groups is 2. The lowest BCUT2D eigenvalue weighted by molar-refractivity contribution is -0.0468. The van der Waals surface area contributed by atoms with Crippen molar-refractivity contribution in [2.75, 3.05) is 7.05 Å². The lowest BCUT2D eigenvalue weighted by atomic mass is 9.79. The minimum atomic E-state index is -1.05. The number of aliphatic hydroxyl groups excluding tert-OH is 2. The Balaban J connectivity index is 2.00. The van der Waals surface area contributed by atoms with Crippen LogP contribution >= 0.6 is 0 Å². The number of nitrogens with one attached hydrogen (secondary N) is 1. The Bertz CT molecular complexity index is 794. The number of carbonyl (C=O) groups is 1. The molecule has 0 fully saturated rings. The first kappa shape index (κ1) is 15.9. The van der Waals surface area contributed by atoms with Crippen molar-refractivity contribution >= 4 is 5.78 Å². The molecule has 0 aromatic heterocycles. The summed E-state index contributed by atoms with van der Waals surface area (Å²) in [5, 5.41) is 30.5. The van der Waals surface area contributed by atoms with Crippen LogP contribution in [0.15, 0.2) is 42.1 Å². The van der Waals surface area contributed by atoms with Crippen LogP contribution in [0.4, 0.5) is 0 Å². The summed E-state index contributed by atoms with van der Waals surface area (Å²) in [4.78, 5) is 12.4. The number of ketones is 1. The van der Waals surface area contributed by atoms with Gasteiger partial charge in [-0.2, -0.15) is 5.26 Å². The molecule has 3 N–H and O–H groups in total. The summed E-state index contributed by atoms with van der Waals surface area (Å²) >= 11 is 0. The third kappa shape index (κ3) is 2.57. The van der Waals surface area contributed by atoms with E-state index in [1.807, 2.05) is 6.07 Å². The summed E-state index contributed by atoms with van der Waals surface area (Å²) in [5.41, 5.74) is 4.12. The molecule has 7 heteroatoms. The van der Waals surface area contributed by atoms with Crippen LogP contribution in [-0.4, -0.2) is 34.2 Å². The summed E-state index contributed by atoms with van der Waals surface area (Å²) in [7, 11) is 1.60. The first-order valence-electron chi connectivity index (χ1n) is 7.46. The largest absolute Gasteiger partial charge is 0.494 e. The summed E-state index contributed by atoms with van der Waals surface area (Å²) in [6, 6.07) is 6.76. The van der Waals surface area contributed by atoms with Gasteiger partial charge in [0.25, 0.3) is 0 Å². The lowest BCUT2D eigenvalue weighted by Gasteiger charge is -2.36. The fraction of sp³-hybridized carbons (Fsp3) is 0.294. The average Bonchev–Trinajstić information content (AvgIpc) is 2.59. The number of hydrazine groups is 1. The molecule has 0 bridgehead atoms. The lowest BCUT2D eigenvalue weighted by Crippen LogP contribution is -2.41. The summed E-state index contributed by atoms with van der Waals surface area (Å²) < 4.78 is 5.85. The van der Waals surface area contributed by atoms with Gasteiger partial charge in [0.1, 0.15) is 6.10 Å². The smallest absolute Gasteiger partial charge is 0.206 e. The van der Waals surface area contributed by atoms with Crippen LogP contribution in [-0.2, 0) is 4.74 Å². The Hall–Kier alpha value is -2.98. The van der Waals surface area contributed by atoms with Gasteiger partial charge in [0.2, 0.25) is 11.8 Å². The zero-order valence-corrected chi connectivity index (χ0v) is 13.2. The highest BCUT2D eigenvalue weighted by Crippen LogP contribution is 2.37. The quantitative estimate of drug-likeness (QED) is 0.756. The molecular formula is C17H17N3O4. The van der Waals surface area contributed by atoms with Crippen molar-refractivity contribution in [3.63, 3.8) is 0 Å². The number of rotatable bonds is 2. The molecule has 7 nitrogen and oxygen atoms in total. The third-order valence-corrected chi connectivity index (χ3v) is 4.25. The maximum Gasteiger partial charge on any atom is 0.206 e. The Morgan fingerprint density at radius 1 is 1.38 bits per heavy atom. The van der Waals surface area contributed by atoms with E-state index in [1.54, 1.807) is 32.2 Å². The van der Waals surface area contributed by atoms with E-state index in [1.165, 1.54) is 17.2 Å². The van der Waals surface area contributed by atoms with Gasteiger partial charge in [-0.15, -0.1) is 0 Å². The van der Waals surface area contributed by atoms with Crippen molar-refractivity contribution in [1.82, 2.24) is 10.4 Å². The number of nitriles is 1. The second kappa shape index (κ2) is 5.91. The fourth-order valence-corrected chi connectivity index (χ4v) is 2.80. The second-order valence-electron chi connectivity index (χ2n) is 5.82. The molecule has 1 heterocycles. The topological polar surface area (TPSA) is 106 Å². The number of benzene rings is 1. The standard InChI is InChI=1S/C17H17N3O4/c1-9-15(22)11-4-3-10(8-18)7-12(11)17(16(9)23)24-13-5-6-14(21)20(2)19-13/h3-7,9,16-17,19,21,23H,1-2H3. The Labute approximate surface area is 139 Å². The van der Waals surface area contributed by atoms with Gasteiger partial charge in [0, 0.05) is 36.2 Å². The molecule has 1 aromatic carbocycles. The maximum absolute atomic E-state index is 12.4. The number of allylic oxidation sites excluding steroid dienone is 2. The maximum atomic E-state index is 12.4. The van der Waals surface area contributed by atoms with Crippen LogP contribution in [0.5, 0.6) is 0 Å². The molecular weight excluding hydrogens is 310 g/mol. The number of nitrogens with zero attached hydrogens (tertiary/aromatic N) is 2. The van der Waals surface area contributed by atoms with E-state index in [9.17, 15) is 15.0 Å². The highest BCUT2D eigenvalue weighted by molar-refractivity contribution is 6.00. The minimum absolute atomic E-state index is 0.0160. The molecule has 1 aliphatic heterocycles. The highest BCUT2D eigenvalue weighted by Gasteiger charge is 2.41. The molecule has 3 unspecified atom stereocenters. The SMILES string of the molecule is CC1C(=O)c2ccc(C#N)cc2C(OC2=CC=C(O)N(C)N2)C1O. The monoisotopic (exact) mass is 327 g/mol. The van der Waals surface area contributed by atoms with Gasteiger partial charge >= 0.3 is 0 Å². The van der Waals surface area contributed by atoms with E-state index in [0.717, 1.165) is 0 Å². The number of fused-ring (bicyclic) bond motifs is 1. The number of Topliss-reactive ketones (excluding diaryl/α,β-unsaturated/α-hetero) is 1. The number of hydrogen-bond donors (Lipinski definition) is 3. The van der Waals surface area contributed by atoms with E-state index in [2.05, 4.69) is 5.43 Å². The number of ether oxygens (including phenoxy) is 1. The van der Waals surface area contributed by atoms with Crippen LogP contribution in [0.25, 0.3) is 0 Å². The predicted octanol–water partition coefficient (Wildman–Crippen LogP) is 1.50. The molecule has 3 rings (SSSR count). The molecule has 0 amide bonds. The molecule has 0 radical (unpaired) electrons.